The Morgan fingerprint density at radius 1 is 1.03 bits per heavy atom. The van der Waals surface area contributed by atoms with Crippen molar-refractivity contribution >= 4 is 49.6 Å². The first kappa shape index (κ1) is 22.9. The molecule has 5 rings (SSSR count). The second-order valence-corrected chi connectivity index (χ2v) is 11.2. The number of aromatic nitrogens is 3. The summed E-state index contributed by atoms with van der Waals surface area (Å²) in [4.78, 5) is 28.4. The standard InChI is InChI=1S/C23H20ClN5O3S2/c1-15-21(33-22(27-15)20-14-25-6-7-26-20)23(30)28-8-10-29(11-9-28)34(31,32)19-5-3-16-12-18(24)4-2-17(16)13-19/h2-7,12-14H,8-11H2,1H3. The summed E-state index contributed by atoms with van der Waals surface area (Å²) in [5.74, 6) is -0.148. The van der Waals surface area contributed by atoms with Crippen molar-refractivity contribution in [2.75, 3.05) is 26.2 Å². The SMILES string of the molecule is Cc1nc(-c2cnccn2)sc1C(=O)N1CCN(S(=O)(=O)c2ccc3cc(Cl)ccc3c2)CC1. The number of sulfonamides is 1. The molecule has 1 fully saturated rings. The molecule has 11 heteroatoms. The van der Waals surface area contributed by atoms with Crippen LogP contribution in [0.2, 0.25) is 5.02 Å². The Morgan fingerprint density at radius 2 is 1.76 bits per heavy atom. The summed E-state index contributed by atoms with van der Waals surface area (Å²) in [6.07, 6.45) is 4.77. The molecule has 3 heterocycles. The number of hydrogen-bond acceptors (Lipinski definition) is 7. The van der Waals surface area contributed by atoms with E-state index in [-0.39, 0.29) is 23.9 Å². The predicted octanol–water partition coefficient (Wildman–Crippen LogP) is 3.86. The van der Waals surface area contributed by atoms with Gasteiger partial charge in [0.15, 0.2) is 0 Å². The fourth-order valence-corrected chi connectivity index (χ4v) is 6.53. The predicted molar refractivity (Wildman–Crippen MR) is 131 cm³/mol. The van der Waals surface area contributed by atoms with Crippen LogP contribution in [0.15, 0.2) is 59.9 Å². The molecule has 0 bridgehead atoms. The summed E-state index contributed by atoms with van der Waals surface area (Å²) in [5, 5.41) is 2.91. The molecule has 2 aromatic heterocycles. The number of rotatable bonds is 4. The van der Waals surface area contributed by atoms with Crippen LogP contribution in [0.25, 0.3) is 21.5 Å². The summed E-state index contributed by atoms with van der Waals surface area (Å²) in [6.45, 7) is 2.85. The molecule has 4 aromatic rings. The summed E-state index contributed by atoms with van der Waals surface area (Å²) < 4.78 is 27.9. The van der Waals surface area contributed by atoms with Gasteiger partial charge in [0, 0.05) is 43.6 Å². The van der Waals surface area contributed by atoms with Gasteiger partial charge in [-0.3, -0.25) is 14.8 Å². The molecular formula is C23H20ClN5O3S2. The van der Waals surface area contributed by atoms with Gasteiger partial charge < -0.3 is 4.90 Å². The van der Waals surface area contributed by atoms with Crippen molar-refractivity contribution in [2.24, 2.45) is 0 Å². The van der Waals surface area contributed by atoms with Gasteiger partial charge in [-0.05, 0) is 42.0 Å². The molecule has 0 aliphatic carbocycles. The first-order valence-corrected chi connectivity index (χ1v) is 13.2. The van der Waals surface area contributed by atoms with Crippen LogP contribution in [0.5, 0.6) is 0 Å². The van der Waals surface area contributed by atoms with Crippen molar-refractivity contribution in [1.82, 2.24) is 24.2 Å². The second-order valence-electron chi connectivity index (χ2n) is 7.87. The van der Waals surface area contributed by atoms with E-state index in [2.05, 4.69) is 15.0 Å². The highest BCUT2D eigenvalue weighted by molar-refractivity contribution is 7.89. The fraction of sp³-hybridized carbons (Fsp3) is 0.217. The molecule has 8 nitrogen and oxygen atoms in total. The number of thiazole rings is 1. The highest BCUT2D eigenvalue weighted by Crippen LogP contribution is 2.28. The number of hydrogen-bond donors (Lipinski definition) is 0. The Hall–Kier alpha value is -2.92. The van der Waals surface area contributed by atoms with E-state index < -0.39 is 10.0 Å². The first-order valence-electron chi connectivity index (χ1n) is 10.6. The zero-order valence-electron chi connectivity index (χ0n) is 18.2. The lowest BCUT2D eigenvalue weighted by atomic mass is 10.1. The molecule has 0 atom stereocenters. The highest BCUT2D eigenvalue weighted by atomic mass is 35.5. The van der Waals surface area contributed by atoms with Crippen LogP contribution in [-0.4, -0.2) is 64.7 Å². The smallest absolute Gasteiger partial charge is 0.265 e. The Morgan fingerprint density at radius 3 is 2.50 bits per heavy atom. The normalized spacial score (nSPS) is 15.1. The van der Waals surface area contributed by atoms with Gasteiger partial charge in [-0.2, -0.15) is 4.31 Å². The van der Waals surface area contributed by atoms with E-state index in [1.54, 1.807) is 66.8 Å². The zero-order valence-corrected chi connectivity index (χ0v) is 20.6. The number of piperazine rings is 1. The van der Waals surface area contributed by atoms with Crippen molar-refractivity contribution in [2.45, 2.75) is 11.8 Å². The molecule has 0 saturated carbocycles. The van der Waals surface area contributed by atoms with E-state index in [1.807, 2.05) is 0 Å². The Bertz CT molecular complexity index is 1480. The summed E-state index contributed by atoms with van der Waals surface area (Å²) >= 11 is 7.30. The van der Waals surface area contributed by atoms with Crippen LogP contribution in [0.1, 0.15) is 15.4 Å². The van der Waals surface area contributed by atoms with Crippen molar-refractivity contribution in [3.05, 3.63) is 70.6 Å². The lowest BCUT2D eigenvalue weighted by Gasteiger charge is -2.33. The zero-order chi connectivity index (χ0) is 23.9. The number of benzene rings is 2. The second kappa shape index (κ2) is 9.03. The first-order chi connectivity index (χ1) is 16.3. The van der Waals surface area contributed by atoms with E-state index in [1.165, 1.54) is 15.6 Å². The number of halogens is 1. The van der Waals surface area contributed by atoms with Gasteiger partial charge in [0.2, 0.25) is 10.0 Å². The molecule has 1 saturated heterocycles. The molecule has 0 spiro atoms. The van der Waals surface area contributed by atoms with Crippen LogP contribution in [0, 0.1) is 6.92 Å². The highest BCUT2D eigenvalue weighted by Gasteiger charge is 2.32. The van der Waals surface area contributed by atoms with Gasteiger partial charge in [0.25, 0.3) is 5.91 Å². The molecule has 0 unspecified atom stereocenters. The number of carbonyl (C=O) groups is 1. The van der Waals surface area contributed by atoms with E-state index in [4.69, 9.17) is 11.6 Å². The van der Waals surface area contributed by atoms with Crippen molar-refractivity contribution in [3.63, 3.8) is 0 Å². The minimum Gasteiger partial charge on any atom is -0.335 e. The van der Waals surface area contributed by atoms with E-state index in [9.17, 15) is 13.2 Å². The maximum absolute atomic E-state index is 13.2. The average molecular weight is 514 g/mol. The van der Waals surface area contributed by atoms with E-state index in [0.717, 1.165) is 10.8 Å². The summed E-state index contributed by atoms with van der Waals surface area (Å²) in [5.41, 5.74) is 1.24. The Labute approximate surface area is 205 Å². The molecule has 1 aliphatic heterocycles. The topological polar surface area (TPSA) is 96.4 Å². The third-order valence-electron chi connectivity index (χ3n) is 5.71. The molecule has 0 N–H and O–H groups in total. The average Bonchev–Trinajstić information content (AvgIpc) is 3.25. The molecule has 174 valence electrons. The largest absolute Gasteiger partial charge is 0.335 e. The lowest BCUT2D eigenvalue weighted by molar-refractivity contribution is 0.0702. The van der Waals surface area contributed by atoms with Crippen LogP contribution in [-0.2, 0) is 10.0 Å². The molecule has 1 amide bonds. The van der Waals surface area contributed by atoms with Crippen LogP contribution < -0.4 is 0 Å². The van der Waals surface area contributed by atoms with Crippen LogP contribution in [0.3, 0.4) is 0 Å². The third kappa shape index (κ3) is 4.29. The van der Waals surface area contributed by atoms with E-state index in [0.29, 0.717) is 39.4 Å². The Kier molecular flexibility index (Phi) is 6.07. The van der Waals surface area contributed by atoms with E-state index >= 15 is 0 Å². The summed E-state index contributed by atoms with van der Waals surface area (Å²) in [6, 6.07) is 10.4. The summed E-state index contributed by atoms with van der Waals surface area (Å²) in [7, 11) is -3.68. The molecule has 0 radical (unpaired) electrons. The maximum Gasteiger partial charge on any atom is 0.265 e. The molecule has 34 heavy (non-hydrogen) atoms. The van der Waals surface area contributed by atoms with Crippen molar-refractivity contribution in [3.8, 4) is 10.7 Å². The quantitative estimate of drug-likeness (QED) is 0.411. The molecule has 1 aliphatic rings. The van der Waals surface area contributed by atoms with Gasteiger partial charge >= 0.3 is 0 Å². The Balaban J connectivity index is 1.30. The maximum atomic E-state index is 13.2. The van der Waals surface area contributed by atoms with Gasteiger partial charge in [0.1, 0.15) is 15.6 Å². The van der Waals surface area contributed by atoms with Crippen molar-refractivity contribution in [1.29, 1.82) is 0 Å². The third-order valence-corrected chi connectivity index (χ3v) is 9.01. The minimum absolute atomic E-state index is 0.148. The number of aryl methyl sites for hydroxylation is 1. The number of amides is 1. The van der Waals surface area contributed by atoms with Crippen molar-refractivity contribution < 1.29 is 13.2 Å². The molecule has 2 aromatic carbocycles. The monoisotopic (exact) mass is 513 g/mol. The number of nitrogens with zero attached hydrogens (tertiary/aromatic N) is 5. The minimum atomic E-state index is -3.68. The van der Waals surface area contributed by atoms with Gasteiger partial charge in [-0.15, -0.1) is 11.3 Å². The van der Waals surface area contributed by atoms with Crippen LogP contribution >= 0.6 is 22.9 Å². The lowest BCUT2D eigenvalue weighted by Crippen LogP contribution is -2.50. The van der Waals surface area contributed by atoms with Gasteiger partial charge in [-0.25, -0.2) is 13.4 Å². The number of fused-ring (bicyclic) bond motifs is 1. The van der Waals surface area contributed by atoms with Gasteiger partial charge in [-0.1, -0.05) is 23.7 Å². The number of carbonyl (C=O) groups excluding carboxylic acids is 1. The van der Waals surface area contributed by atoms with Crippen LogP contribution in [0.4, 0.5) is 0 Å². The van der Waals surface area contributed by atoms with Gasteiger partial charge in [0.05, 0.1) is 16.8 Å². The molecular weight excluding hydrogens is 494 g/mol. The fourth-order valence-electron chi connectivity index (χ4n) is 3.89.